The number of Topliss-reactive ketones (excluding diaryl/α,β-unsaturated/α-hetero) is 2. The fraction of sp³-hybridized carbons (Fsp3) is 0.975. The zero-order valence-corrected chi connectivity index (χ0v) is 61.5. The molecule has 0 unspecified atom stereocenters. The standard InChI is InChI=1S/2C6H12O.2C5H12.4C4H10.6C3H8.6C2H6.13CH4/c2*1-4-6(7)5(2)3;2*1-4-5(2)3;4*1-4(2)3;6*1-3-2;6*1-2;;;;;;;;;;;;;/h2*5H,4H2,1-3H3;2*5H,4H2,1-3H3;4*4H,1-3H3;6*3H2,1-2H3;6*1-2H3;13*1H4. The van der Waals surface area contributed by atoms with Crippen LogP contribution in [0.3, 0.4) is 0 Å². The lowest BCUT2D eigenvalue weighted by molar-refractivity contribution is -0.122. The van der Waals surface area contributed by atoms with Crippen molar-refractivity contribution < 1.29 is 9.59 Å². The molecular weight excluding hydrogens is 1000 g/mol. The molecule has 0 aromatic carbocycles. The summed E-state index contributed by atoms with van der Waals surface area (Å²) in [5, 5.41) is 0. The van der Waals surface area contributed by atoms with E-state index in [0.717, 1.165) is 35.5 Å². The van der Waals surface area contributed by atoms with Gasteiger partial charge in [0.25, 0.3) is 0 Å². The van der Waals surface area contributed by atoms with E-state index in [1.165, 1.54) is 51.4 Å². The molecule has 2 heteroatoms. The summed E-state index contributed by atoms with van der Waals surface area (Å²) in [6.07, 6.45) is 11.5. The van der Waals surface area contributed by atoms with Crippen molar-refractivity contribution in [3.63, 3.8) is 0 Å². The molecule has 0 rings (SSSR count). The van der Waals surface area contributed by atoms with Crippen molar-refractivity contribution in [2.45, 2.75) is 493 Å². The Balaban J connectivity index is -0.0000000103. The summed E-state index contributed by atoms with van der Waals surface area (Å²) in [6, 6.07) is 0. The summed E-state index contributed by atoms with van der Waals surface area (Å²) in [6.45, 7) is 100. The molecule has 0 aromatic rings. The van der Waals surface area contributed by atoms with E-state index in [-0.39, 0.29) is 108 Å². The molecule has 83 heavy (non-hydrogen) atoms. The van der Waals surface area contributed by atoms with Crippen LogP contribution in [0.25, 0.3) is 0 Å². The maximum Gasteiger partial charge on any atom is 0.135 e. The molecule has 560 valence electrons. The van der Waals surface area contributed by atoms with Gasteiger partial charge < -0.3 is 0 Å². The van der Waals surface area contributed by atoms with Gasteiger partial charge in [0.05, 0.1) is 0 Å². The first-order valence-corrected chi connectivity index (χ1v) is 31.4. The average molecular weight is 1230 g/mol. The Bertz CT molecular complexity index is 419. The number of hydrogen-bond donors (Lipinski definition) is 0. The van der Waals surface area contributed by atoms with Gasteiger partial charge in [-0.1, -0.05) is 480 Å². The molecule has 0 aliphatic heterocycles. The summed E-state index contributed by atoms with van der Waals surface area (Å²) in [5.74, 6) is 6.25. The van der Waals surface area contributed by atoms with E-state index in [4.69, 9.17) is 0 Å². The summed E-state index contributed by atoms with van der Waals surface area (Å²) >= 11 is 0. The van der Waals surface area contributed by atoms with Crippen LogP contribution < -0.4 is 0 Å². The van der Waals surface area contributed by atoms with Crippen molar-refractivity contribution in [1.29, 1.82) is 0 Å². The van der Waals surface area contributed by atoms with E-state index in [1.807, 2.05) is 125 Å². The Hall–Kier alpha value is -0.660. The van der Waals surface area contributed by atoms with Gasteiger partial charge >= 0.3 is 0 Å². The number of rotatable bonds is 6. The minimum Gasteiger partial charge on any atom is -0.299 e. The van der Waals surface area contributed by atoms with Crippen LogP contribution in [0.4, 0.5) is 0 Å². The quantitative estimate of drug-likeness (QED) is 0.266. The zero-order chi connectivity index (χ0) is 62.8. The SMILES string of the molecule is C.C.C.C.C.C.C.C.C.C.C.C.C.CC.CC.CC.CC.CC.CC.CC(C)C.CC(C)C.CC(C)C.CC(C)C.CCC.CCC.CCC.CCC.CCC.CCC.CCC(=O)C(C)C.CCC(=O)C(C)C.CCC(C)C.CCC(C)C. The van der Waals surface area contributed by atoms with E-state index in [1.54, 1.807) is 0 Å². The van der Waals surface area contributed by atoms with E-state index >= 15 is 0 Å². The molecule has 0 amide bonds. The number of hydrogen-bond acceptors (Lipinski definition) is 2. The molecule has 0 aromatic heterocycles. The van der Waals surface area contributed by atoms with Gasteiger partial charge in [-0.25, -0.2) is 0 Å². The highest BCUT2D eigenvalue weighted by molar-refractivity contribution is 5.80. The minimum absolute atomic E-state index is 0. The van der Waals surface area contributed by atoms with Crippen LogP contribution in [0.15, 0.2) is 0 Å². The molecule has 0 aliphatic carbocycles. The molecule has 0 heterocycles. The third kappa shape index (κ3) is 2180. The first kappa shape index (κ1) is 224. The molecule has 0 N–H and O–H groups in total. The average Bonchev–Trinajstić information content (AvgIpc) is 3.28. The van der Waals surface area contributed by atoms with Gasteiger partial charge in [-0.2, -0.15) is 0 Å². The molecule has 0 fully saturated rings. The Morgan fingerprint density at radius 2 is 0.253 bits per heavy atom. The predicted molar refractivity (Wildman–Crippen MR) is 444 cm³/mol. The van der Waals surface area contributed by atoms with E-state index in [9.17, 15) is 9.59 Å². The van der Waals surface area contributed by atoms with Gasteiger partial charge in [0.15, 0.2) is 0 Å². The van der Waals surface area contributed by atoms with Crippen molar-refractivity contribution in [3.8, 4) is 0 Å². The second kappa shape index (κ2) is 339. The van der Waals surface area contributed by atoms with Crippen LogP contribution >= 0.6 is 0 Å². The van der Waals surface area contributed by atoms with Crippen LogP contribution in [0, 0.1) is 47.3 Å². The van der Waals surface area contributed by atoms with Crippen molar-refractivity contribution in [1.82, 2.24) is 0 Å². The minimum atomic E-state index is 0. The van der Waals surface area contributed by atoms with Crippen LogP contribution in [0.5, 0.6) is 0 Å². The number of carbonyl (C=O) groups excluding carboxylic acids is 2. The van der Waals surface area contributed by atoms with Crippen LogP contribution in [-0.2, 0) is 9.59 Å². The topological polar surface area (TPSA) is 34.1 Å². The molecule has 0 saturated carbocycles. The van der Waals surface area contributed by atoms with Gasteiger partial charge in [-0.15, -0.1) is 0 Å². The highest BCUT2D eigenvalue weighted by atomic mass is 16.1. The first-order chi connectivity index (χ1) is 32.3. The molecule has 0 atom stereocenters. The Morgan fingerprint density at radius 1 is 0.205 bits per heavy atom. The highest BCUT2D eigenvalue weighted by Crippen LogP contribution is 1.97. The first-order valence-electron chi connectivity index (χ1n) is 31.4. The maximum absolute atomic E-state index is 10.5. The lowest BCUT2D eigenvalue weighted by Gasteiger charge is -1.96. The van der Waals surface area contributed by atoms with E-state index < -0.39 is 0 Å². The number of ketones is 2. The van der Waals surface area contributed by atoms with E-state index in [2.05, 4.69) is 208 Å². The molecule has 0 radical (unpaired) electrons. The summed E-state index contributed by atoms with van der Waals surface area (Å²) in [7, 11) is 0. The third-order valence-electron chi connectivity index (χ3n) is 3.62. The monoisotopic (exact) mass is 1230 g/mol. The normalized spacial score (nSPS) is 6.27. The maximum atomic E-state index is 10.5. The molecular formula is C81H224O2. The van der Waals surface area contributed by atoms with Gasteiger partial charge in [0.1, 0.15) is 11.6 Å². The second-order valence-corrected chi connectivity index (χ2v) is 18.7. The Labute approximate surface area is 558 Å². The number of carbonyl (C=O) groups is 2. The van der Waals surface area contributed by atoms with Crippen molar-refractivity contribution in [3.05, 3.63) is 0 Å². The molecule has 2 nitrogen and oxygen atoms in total. The molecule has 0 aliphatic rings. The van der Waals surface area contributed by atoms with Gasteiger partial charge in [-0.3, -0.25) is 9.59 Å². The summed E-state index contributed by atoms with van der Waals surface area (Å²) in [5.41, 5.74) is 0. The lowest BCUT2D eigenvalue weighted by atomic mass is 10.1. The lowest BCUT2D eigenvalue weighted by Crippen LogP contribution is -2.03. The fourth-order valence-corrected chi connectivity index (χ4v) is 0.816. The van der Waals surface area contributed by atoms with Gasteiger partial charge in [-0.05, 0) is 35.5 Å². The molecule has 0 spiro atoms. The fourth-order valence-electron chi connectivity index (χ4n) is 0.816. The van der Waals surface area contributed by atoms with Crippen molar-refractivity contribution in [2.75, 3.05) is 0 Å². The van der Waals surface area contributed by atoms with Crippen LogP contribution in [-0.4, -0.2) is 11.6 Å². The Kier molecular flexibility index (Phi) is 915. The van der Waals surface area contributed by atoms with Gasteiger partial charge in [0.2, 0.25) is 0 Å². The van der Waals surface area contributed by atoms with Crippen LogP contribution in [0.2, 0.25) is 0 Å². The Morgan fingerprint density at radius 3 is 0.253 bits per heavy atom. The predicted octanol–water partition coefficient (Wildman–Crippen LogP) is 36.9. The third-order valence-corrected chi connectivity index (χ3v) is 3.62. The van der Waals surface area contributed by atoms with Crippen molar-refractivity contribution >= 4 is 11.6 Å². The zero-order valence-electron chi connectivity index (χ0n) is 61.5. The van der Waals surface area contributed by atoms with E-state index in [0.29, 0.717) is 24.4 Å². The van der Waals surface area contributed by atoms with Gasteiger partial charge in [0, 0.05) is 24.7 Å². The summed E-state index contributed by atoms with van der Waals surface area (Å²) < 4.78 is 0. The van der Waals surface area contributed by atoms with Crippen molar-refractivity contribution in [2.24, 2.45) is 47.3 Å². The highest BCUT2D eigenvalue weighted by Gasteiger charge is 2.01. The van der Waals surface area contributed by atoms with Crippen LogP contribution in [0.1, 0.15) is 493 Å². The molecule has 0 saturated heterocycles. The largest absolute Gasteiger partial charge is 0.299 e. The summed E-state index contributed by atoms with van der Waals surface area (Å²) in [4.78, 5) is 21.0. The second-order valence-electron chi connectivity index (χ2n) is 18.7. The smallest absolute Gasteiger partial charge is 0.135 e. The molecule has 0 bridgehead atoms.